The summed E-state index contributed by atoms with van der Waals surface area (Å²) in [5, 5.41) is 14.3. The first-order valence-electron chi connectivity index (χ1n) is 5.80. The lowest BCUT2D eigenvalue weighted by molar-refractivity contribution is -0.132. The number of nitrogens with two attached hydrogens (primary N) is 1. The largest absolute Gasteiger partial charge is 0.409 e. The van der Waals surface area contributed by atoms with Gasteiger partial charge in [-0.1, -0.05) is 35.5 Å². The van der Waals surface area contributed by atoms with E-state index < -0.39 is 11.6 Å². The Morgan fingerprint density at radius 2 is 2.00 bits per heavy atom. The highest BCUT2D eigenvalue weighted by Gasteiger charge is 2.30. The molecule has 1 aromatic carbocycles. The minimum absolute atomic E-state index is 0.0798. The average molecular weight is 265 g/mol. The van der Waals surface area contributed by atoms with E-state index in [0.29, 0.717) is 0 Å². The SMILES string of the molecule is COC(C(=O)NC(C)(C)/C(N)=N/O)c1ccccc1. The van der Waals surface area contributed by atoms with Gasteiger partial charge in [0.05, 0.1) is 5.54 Å². The van der Waals surface area contributed by atoms with Gasteiger partial charge in [-0.05, 0) is 19.4 Å². The number of carbonyl (C=O) groups excluding carboxylic acids is 1. The van der Waals surface area contributed by atoms with Crippen molar-refractivity contribution in [1.82, 2.24) is 5.32 Å². The molecule has 6 heteroatoms. The molecule has 0 aliphatic carbocycles. The molecular weight excluding hydrogens is 246 g/mol. The van der Waals surface area contributed by atoms with Crippen molar-refractivity contribution >= 4 is 11.7 Å². The van der Waals surface area contributed by atoms with Crippen LogP contribution in [0.2, 0.25) is 0 Å². The number of ether oxygens (including phenoxy) is 1. The highest BCUT2D eigenvalue weighted by Crippen LogP contribution is 2.17. The highest BCUT2D eigenvalue weighted by molar-refractivity contribution is 5.94. The molecular formula is C13H19N3O3. The number of hydrogen-bond acceptors (Lipinski definition) is 4. The lowest BCUT2D eigenvalue weighted by atomic mass is 10.0. The quantitative estimate of drug-likeness (QED) is 0.320. The van der Waals surface area contributed by atoms with Crippen molar-refractivity contribution in [3.8, 4) is 0 Å². The number of amidine groups is 1. The van der Waals surface area contributed by atoms with E-state index >= 15 is 0 Å². The van der Waals surface area contributed by atoms with E-state index in [-0.39, 0.29) is 11.7 Å². The Kier molecular flexibility index (Phi) is 4.88. The molecule has 0 heterocycles. The van der Waals surface area contributed by atoms with E-state index in [4.69, 9.17) is 15.7 Å². The van der Waals surface area contributed by atoms with Gasteiger partial charge < -0.3 is 21.0 Å². The van der Waals surface area contributed by atoms with Crippen molar-refractivity contribution in [1.29, 1.82) is 0 Å². The second kappa shape index (κ2) is 6.19. The van der Waals surface area contributed by atoms with Crippen LogP contribution in [0.4, 0.5) is 0 Å². The Labute approximate surface area is 112 Å². The van der Waals surface area contributed by atoms with Crippen LogP contribution in [0.1, 0.15) is 25.5 Å². The normalized spacial score (nSPS) is 13.9. The molecule has 0 fully saturated rings. The molecule has 0 radical (unpaired) electrons. The number of methoxy groups -OCH3 is 1. The van der Waals surface area contributed by atoms with Crippen LogP contribution in [0, 0.1) is 0 Å². The van der Waals surface area contributed by atoms with Crippen molar-refractivity contribution < 1.29 is 14.7 Å². The minimum Gasteiger partial charge on any atom is -0.409 e. The number of rotatable bonds is 5. The smallest absolute Gasteiger partial charge is 0.254 e. The van der Waals surface area contributed by atoms with E-state index in [1.165, 1.54) is 7.11 Å². The summed E-state index contributed by atoms with van der Waals surface area (Å²) < 4.78 is 5.20. The van der Waals surface area contributed by atoms with Crippen LogP contribution in [0.5, 0.6) is 0 Å². The summed E-state index contributed by atoms with van der Waals surface area (Å²) in [4.78, 5) is 12.2. The van der Waals surface area contributed by atoms with Crippen molar-refractivity contribution in [2.24, 2.45) is 10.9 Å². The molecule has 0 bridgehead atoms. The first kappa shape index (κ1) is 15.0. The molecule has 1 atom stereocenters. The fourth-order valence-electron chi connectivity index (χ4n) is 1.58. The topological polar surface area (TPSA) is 96.9 Å². The molecule has 1 rings (SSSR count). The molecule has 104 valence electrons. The Balaban J connectivity index is 2.87. The number of nitrogens with one attached hydrogen (secondary N) is 1. The first-order valence-corrected chi connectivity index (χ1v) is 5.80. The Hall–Kier alpha value is -2.08. The third-order valence-electron chi connectivity index (χ3n) is 2.76. The van der Waals surface area contributed by atoms with Crippen LogP contribution in [-0.4, -0.2) is 29.6 Å². The number of nitrogens with zero attached hydrogens (tertiary/aromatic N) is 1. The van der Waals surface area contributed by atoms with Gasteiger partial charge in [-0.15, -0.1) is 0 Å². The summed E-state index contributed by atoms with van der Waals surface area (Å²) in [6.07, 6.45) is -0.744. The number of hydrogen-bond donors (Lipinski definition) is 3. The number of benzene rings is 1. The Morgan fingerprint density at radius 3 is 2.47 bits per heavy atom. The summed E-state index contributed by atoms with van der Waals surface area (Å²) in [7, 11) is 1.45. The van der Waals surface area contributed by atoms with Crippen LogP contribution in [0.25, 0.3) is 0 Å². The highest BCUT2D eigenvalue weighted by atomic mass is 16.5. The molecule has 1 unspecified atom stereocenters. The van der Waals surface area contributed by atoms with Gasteiger partial charge in [0.1, 0.15) is 0 Å². The fourth-order valence-corrected chi connectivity index (χ4v) is 1.58. The second-order valence-corrected chi connectivity index (χ2v) is 4.63. The van der Waals surface area contributed by atoms with Gasteiger partial charge in [0.15, 0.2) is 11.9 Å². The van der Waals surface area contributed by atoms with E-state index in [1.807, 2.05) is 18.2 Å². The maximum Gasteiger partial charge on any atom is 0.254 e. The number of oxime groups is 1. The van der Waals surface area contributed by atoms with E-state index in [9.17, 15) is 4.79 Å². The predicted molar refractivity (Wildman–Crippen MR) is 71.8 cm³/mol. The predicted octanol–water partition coefficient (Wildman–Crippen LogP) is 1.02. The third kappa shape index (κ3) is 3.69. The first-order chi connectivity index (χ1) is 8.92. The Morgan fingerprint density at radius 1 is 1.42 bits per heavy atom. The zero-order valence-corrected chi connectivity index (χ0v) is 11.3. The van der Waals surface area contributed by atoms with Crippen LogP contribution >= 0.6 is 0 Å². The van der Waals surface area contributed by atoms with Gasteiger partial charge in [0, 0.05) is 7.11 Å². The van der Waals surface area contributed by atoms with Gasteiger partial charge >= 0.3 is 0 Å². The lowest BCUT2D eigenvalue weighted by Gasteiger charge is -2.27. The molecule has 0 aliphatic rings. The van der Waals surface area contributed by atoms with Gasteiger partial charge in [-0.25, -0.2) is 0 Å². The van der Waals surface area contributed by atoms with Gasteiger partial charge in [-0.2, -0.15) is 0 Å². The minimum atomic E-state index is -0.961. The maximum absolute atomic E-state index is 12.2. The number of amides is 1. The standard InChI is InChI=1S/C13H19N3O3/c1-13(2,12(14)16-18)15-11(17)10(19-3)9-7-5-4-6-8-9/h4-8,10,18H,1-3H3,(H2,14,16)(H,15,17). The molecule has 0 spiro atoms. The fraction of sp³-hybridized carbons (Fsp3) is 0.385. The zero-order valence-electron chi connectivity index (χ0n) is 11.3. The summed E-state index contributed by atoms with van der Waals surface area (Å²) >= 11 is 0. The maximum atomic E-state index is 12.2. The van der Waals surface area contributed by atoms with Crippen molar-refractivity contribution in [2.45, 2.75) is 25.5 Å². The lowest BCUT2D eigenvalue weighted by Crippen LogP contribution is -2.54. The van der Waals surface area contributed by atoms with Gasteiger partial charge in [0.25, 0.3) is 5.91 Å². The summed E-state index contributed by atoms with van der Waals surface area (Å²) in [5.41, 5.74) is 5.30. The van der Waals surface area contributed by atoms with Crippen LogP contribution in [0.15, 0.2) is 35.5 Å². The summed E-state index contributed by atoms with van der Waals surface area (Å²) in [6, 6.07) is 9.09. The zero-order chi connectivity index (χ0) is 14.5. The molecule has 1 aromatic rings. The second-order valence-electron chi connectivity index (χ2n) is 4.63. The molecule has 19 heavy (non-hydrogen) atoms. The van der Waals surface area contributed by atoms with Crippen LogP contribution in [0.3, 0.4) is 0 Å². The van der Waals surface area contributed by atoms with Crippen molar-refractivity contribution in [3.05, 3.63) is 35.9 Å². The van der Waals surface area contributed by atoms with Crippen LogP contribution in [-0.2, 0) is 9.53 Å². The molecule has 0 aliphatic heterocycles. The van der Waals surface area contributed by atoms with Gasteiger partial charge in [-0.3, -0.25) is 4.79 Å². The van der Waals surface area contributed by atoms with Crippen molar-refractivity contribution in [2.75, 3.05) is 7.11 Å². The molecule has 4 N–H and O–H groups in total. The molecule has 0 saturated carbocycles. The Bertz CT molecular complexity index is 457. The van der Waals surface area contributed by atoms with Crippen molar-refractivity contribution in [3.63, 3.8) is 0 Å². The van der Waals surface area contributed by atoms with E-state index in [0.717, 1.165) is 5.56 Å². The average Bonchev–Trinajstić information content (AvgIpc) is 2.39. The summed E-state index contributed by atoms with van der Waals surface area (Å²) in [5.74, 6) is -0.436. The number of carbonyl (C=O) groups is 1. The molecule has 0 aromatic heterocycles. The summed E-state index contributed by atoms with van der Waals surface area (Å²) in [6.45, 7) is 3.27. The monoisotopic (exact) mass is 265 g/mol. The molecule has 6 nitrogen and oxygen atoms in total. The van der Waals surface area contributed by atoms with Crippen LogP contribution < -0.4 is 11.1 Å². The molecule has 0 saturated heterocycles. The third-order valence-corrected chi connectivity index (χ3v) is 2.76. The molecule has 1 amide bonds. The van der Waals surface area contributed by atoms with E-state index in [1.54, 1.807) is 26.0 Å². The van der Waals surface area contributed by atoms with Gasteiger partial charge in [0.2, 0.25) is 0 Å². The van der Waals surface area contributed by atoms with E-state index in [2.05, 4.69) is 10.5 Å².